The maximum absolute atomic E-state index is 11.6. The van der Waals surface area contributed by atoms with E-state index in [1.165, 1.54) is 0 Å². The Morgan fingerprint density at radius 3 is 2.81 bits per heavy atom. The second-order valence-electron chi connectivity index (χ2n) is 3.85. The molecule has 0 saturated carbocycles. The number of nitrogens with zero attached hydrogens (tertiary/aromatic N) is 2. The SMILES string of the molecule is Cc1cnc(CNC(=O)C(C)CCN)cn1. The van der Waals surface area contributed by atoms with Crippen LogP contribution in [0.3, 0.4) is 0 Å². The van der Waals surface area contributed by atoms with Crippen LogP contribution in [0.1, 0.15) is 24.7 Å². The van der Waals surface area contributed by atoms with Crippen LogP contribution in [0.25, 0.3) is 0 Å². The third-order valence-corrected chi connectivity index (χ3v) is 2.33. The van der Waals surface area contributed by atoms with Crippen LogP contribution in [0.2, 0.25) is 0 Å². The Bertz CT molecular complexity index is 336. The summed E-state index contributed by atoms with van der Waals surface area (Å²) in [5.41, 5.74) is 7.02. The molecule has 0 aliphatic carbocycles. The Labute approximate surface area is 95.5 Å². The molecule has 5 nitrogen and oxygen atoms in total. The lowest BCUT2D eigenvalue weighted by molar-refractivity contribution is -0.124. The summed E-state index contributed by atoms with van der Waals surface area (Å²) in [5, 5.41) is 2.81. The summed E-state index contributed by atoms with van der Waals surface area (Å²) >= 11 is 0. The molecule has 88 valence electrons. The number of amides is 1. The molecule has 0 radical (unpaired) electrons. The van der Waals surface area contributed by atoms with Gasteiger partial charge in [0.25, 0.3) is 0 Å². The van der Waals surface area contributed by atoms with E-state index in [0.717, 1.165) is 11.4 Å². The Morgan fingerprint density at radius 1 is 1.50 bits per heavy atom. The van der Waals surface area contributed by atoms with Gasteiger partial charge in [0.2, 0.25) is 5.91 Å². The highest BCUT2D eigenvalue weighted by Gasteiger charge is 2.11. The monoisotopic (exact) mass is 222 g/mol. The van der Waals surface area contributed by atoms with Crippen molar-refractivity contribution in [3.63, 3.8) is 0 Å². The van der Waals surface area contributed by atoms with Gasteiger partial charge in [-0.3, -0.25) is 14.8 Å². The molecule has 0 saturated heterocycles. The van der Waals surface area contributed by atoms with E-state index < -0.39 is 0 Å². The zero-order valence-electron chi connectivity index (χ0n) is 9.73. The van der Waals surface area contributed by atoms with E-state index in [0.29, 0.717) is 19.5 Å². The lowest BCUT2D eigenvalue weighted by Crippen LogP contribution is -2.30. The van der Waals surface area contributed by atoms with E-state index in [2.05, 4.69) is 15.3 Å². The molecule has 1 aromatic heterocycles. The number of rotatable bonds is 5. The van der Waals surface area contributed by atoms with Crippen LogP contribution in [0.15, 0.2) is 12.4 Å². The largest absolute Gasteiger partial charge is 0.350 e. The highest BCUT2D eigenvalue weighted by molar-refractivity contribution is 5.78. The quantitative estimate of drug-likeness (QED) is 0.755. The molecule has 16 heavy (non-hydrogen) atoms. The van der Waals surface area contributed by atoms with Crippen molar-refractivity contribution in [2.75, 3.05) is 6.54 Å². The number of hydrogen-bond acceptors (Lipinski definition) is 4. The number of aryl methyl sites for hydroxylation is 1. The number of aromatic nitrogens is 2. The molecule has 1 rings (SSSR count). The Morgan fingerprint density at radius 2 is 2.25 bits per heavy atom. The Hall–Kier alpha value is -1.49. The predicted octanol–water partition coefficient (Wildman–Crippen LogP) is 0.386. The molecule has 1 heterocycles. The molecule has 3 N–H and O–H groups in total. The second-order valence-corrected chi connectivity index (χ2v) is 3.85. The minimum absolute atomic E-state index is 0.00725. The average molecular weight is 222 g/mol. The van der Waals surface area contributed by atoms with Crippen LogP contribution in [0, 0.1) is 12.8 Å². The summed E-state index contributed by atoms with van der Waals surface area (Å²) in [6.45, 7) is 4.68. The number of carbonyl (C=O) groups is 1. The number of nitrogens with two attached hydrogens (primary N) is 1. The minimum atomic E-state index is -0.0524. The van der Waals surface area contributed by atoms with Crippen LogP contribution in [0.5, 0.6) is 0 Å². The van der Waals surface area contributed by atoms with E-state index in [9.17, 15) is 4.79 Å². The standard InChI is InChI=1S/C11H18N4O/c1-8(3-4-12)11(16)15-7-10-6-13-9(2)5-14-10/h5-6,8H,3-4,7,12H2,1-2H3,(H,15,16). The molecular weight excluding hydrogens is 204 g/mol. The topological polar surface area (TPSA) is 80.9 Å². The fraction of sp³-hybridized carbons (Fsp3) is 0.545. The highest BCUT2D eigenvalue weighted by atomic mass is 16.1. The highest BCUT2D eigenvalue weighted by Crippen LogP contribution is 2.00. The van der Waals surface area contributed by atoms with Crippen LogP contribution in [-0.2, 0) is 11.3 Å². The van der Waals surface area contributed by atoms with Gasteiger partial charge in [-0.2, -0.15) is 0 Å². The van der Waals surface area contributed by atoms with Gasteiger partial charge >= 0.3 is 0 Å². The first kappa shape index (κ1) is 12.6. The predicted molar refractivity (Wildman–Crippen MR) is 61.5 cm³/mol. The van der Waals surface area contributed by atoms with Crippen molar-refractivity contribution in [1.29, 1.82) is 0 Å². The maximum Gasteiger partial charge on any atom is 0.223 e. The normalized spacial score (nSPS) is 12.2. The van der Waals surface area contributed by atoms with Gasteiger partial charge in [-0.15, -0.1) is 0 Å². The van der Waals surface area contributed by atoms with E-state index in [4.69, 9.17) is 5.73 Å². The number of nitrogens with one attached hydrogen (secondary N) is 1. The van der Waals surface area contributed by atoms with E-state index in [1.54, 1.807) is 12.4 Å². The third-order valence-electron chi connectivity index (χ3n) is 2.33. The molecule has 5 heteroatoms. The fourth-order valence-electron chi connectivity index (χ4n) is 1.24. The summed E-state index contributed by atoms with van der Waals surface area (Å²) in [7, 11) is 0. The molecule has 0 fully saturated rings. The molecule has 0 aliphatic rings. The maximum atomic E-state index is 11.6. The lowest BCUT2D eigenvalue weighted by atomic mass is 10.1. The van der Waals surface area contributed by atoms with Crippen LogP contribution >= 0.6 is 0 Å². The fourth-order valence-corrected chi connectivity index (χ4v) is 1.24. The summed E-state index contributed by atoms with van der Waals surface area (Å²) in [6, 6.07) is 0. The van der Waals surface area contributed by atoms with Gasteiger partial charge in [-0.05, 0) is 19.9 Å². The summed E-state index contributed by atoms with van der Waals surface area (Å²) in [4.78, 5) is 19.8. The molecule has 0 aliphatic heterocycles. The summed E-state index contributed by atoms with van der Waals surface area (Å²) in [6.07, 6.45) is 4.05. The van der Waals surface area contributed by atoms with E-state index >= 15 is 0 Å². The molecular formula is C11H18N4O. The van der Waals surface area contributed by atoms with Gasteiger partial charge in [0.1, 0.15) is 0 Å². The zero-order valence-corrected chi connectivity index (χ0v) is 9.73. The Kier molecular flexibility index (Phi) is 4.85. The molecule has 1 unspecified atom stereocenters. The molecule has 1 atom stereocenters. The van der Waals surface area contributed by atoms with Crippen LogP contribution < -0.4 is 11.1 Å². The van der Waals surface area contributed by atoms with Crippen molar-refractivity contribution in [2.24, 2.45) is 11.7 Å². The molecule has 0 bridgehead atoms. The van der Waals surface area contributed by atoms with E-state index in [1.807, 2.05) is 13.8 Å². The first-order valence-electron chi connectivity index (χ1n) is 5.38. The van der Waals surface area contributed by atoms with Crippen molar-refractivity contribution >= 4 is 5.91 Å². The van der Waals surface area contributed by atoms with Crippen molar-refractivity contribution < 1.29 is 4.79 Å². The number of carbonyl (C=O) groups excluding carboxylic acids is 1. The first-order chi connectivity index (χ1) is 7.63. The molecule has 0 aromatic carbocycles. The average Bonchev–Trinajstić information content (AvgIpc) is 2.28. The van der Waals surface area contributed by atoms with Crippen molar-refractivity contribution in [1.82, 2.24) is 15.3 Å². The van der Waals surface area contributed by atoms with Gasteiger partial charge in [0.15, 0.2) is 0 Å². The van der Waals surface area contributed by atoms with Crippen molar-refractivity contribution in [3.05, 3.63) is 23.8 Å². The van der Waals surface area contributed by atoms with Gasteiger partial charge in [0.05, 0.1) is 24.1 Å². The first-order valence-corrected chi connectivity index (χ1v) is 5.38. The van der Waals surface area contributed by atoms with Crippen LogP contribution in [0.4, 0.5) is 0 Å². The van der Waals surface area contributed by atoms with Crippen molar-refractivity contribution in [2.45, 2.75) is 26.8 Å². The number of hydrogen-bond donors (Lipinski definition) is 2. The van der Waals surface area contributed by atoms with Gasteiger partial charge < -0.3 is 11.1 Å². The zero-order chi connectivity index (χ0) is 12.0. The van der Waals surface area contributed by atoms with Crippen LogP contribution in [-0.4, -0.2) is 22.4 Å². The summed E-state index contributed by atoms with van der Waals surface area (Å²) < 4.78 is 0. The van der Waals surface area contributed by atoms with Gasteiger partial charge in [-0.1, -0.05) is 6.92 Å². The van der Waals surface area contributed by atoms with Crippen molar-refractivity contribution in [3.8, 4) is 0 Å². The van der Waals surface area contributed by atoms with Gasteiger partial charge in [0, 0.05) is 12.1 Å². The van der Waals surface area contributed by atoms with Gasteiger partial charge in [-0.25, -0.2) is 0 Å². The smallest absolute Gasteiger partial charge is 0.223 e. The molecule has 1 amide bonds. The summed E-state index contributed by atoms with van der Waals surface area (Å²) in [5.74, 6) is -0.0452. The lowest BCUT2D eigenvalue weighted by Gasteiger charge is -2.10. The minimum Gasteiger partial charge on any atom is -0.350 e. The second kappa shape index (κ2) is 6.17. The Balaban J connectivity index is 2.39. The molecule has 0 spiro atoms. The molecule has 1 aromatic rings. The third kappa shape index (κ3) is 3.94. The van der Waals surface area contributed by atoms with E-state index in [-0.39, 0.29) is 11.8 Å².